The summed E-state index contributed by atoms with van der Waals surface area (Å²) in [4.78, 5) is 72.4. The van der Waals surface area contributed by atoms with Crippen LogP contribution in [-0.4, -0.2) is 120 Å². The lowest BCUT2D eigenvalue weighted by Gasteiger charge is -2.31. The number of aromatic nitrogens is 1. The number of nitrogens with zero attached hydrogens (tertiary/aromatic N) is 5. The first kappa shape index (κ1) is 43.1. The molecule has 1 unspecified atom stereocenters. The highest BCUT2D eigenvalue weighted by molar-refractivity contribution is 8.76. The molecular weight excluding hydrogens is 833 g/mol. The number of pyridine rings is 1. The van der Waals surface area contributed by atoms with Gasteiger partial charge in [0.2, 0.25) is 5.91 Å². The van der Waals surface area contributed by atoms with Crippen LogP contribution in [0.3, 0.4) is 0 Å². The number of anilines is 2. The van der Waals surface area contributed by atoms with Gasteiger partial charge in [0.1, 0.15) is 23.9 Å². The van der Waals surface area contributed by atoms with Crippen LogP contribution in [0.5, 0.6) is 23.0 Å². The minimum absolute atomic E-state index is 0.0499. The van der Waals surface area contributed by atoms with Crippen molar-refractivity contribution in [2.75, 3.05) is 63.1 Å². The summed E-state index contributed by atoms with van der Waals surface area (Å²) in [5, 5.41) is 26.0. The summed E-state index contributed by atoms with van der Waals surface area (Å²) >= 11 is 0. The highest BCUT2D eigenvalue weighted by Gasteiger charge is 2.46. The number of unbranched alkanes of at least 4 members (excludes halogenated alkanes) is 2. The third-order valence-corrected chi connectivity index (χ3v) is 12.7. The maximum atomic E-state index is 13.9. The number of carbonyl (C=O) groups is 4. The summed E-state index contributed by atoms with van der Waals surface area (Å²) in [6.07, 6.45) is 1.43. The summed E-state index contributed by atoms with van der Waals surface area (Å²) in [7, 11) is 5.50. The number of nitro groups is 1. The summed E-state index contributed by atoms with van der Waals surface area (Å²) < 4.78 is 28.9. The van der Waals surface area contributed by atoms with E-state index in [0.29, 0.717) is 72.4 Å². The predicted molar refractivity (Wildman–Crippen MR) is 226 cm³/mol. The third-order valence-electron chi connectivity index (χ3n) is 10.5. The average Bonchev–Trinajstić information content (AvgIpc) is 3.81. The van der Waals surface area contributed by atoms with Crippen LogP contribution >= 0.6 is 21.6 Å². The number of hydrogen-bond acceptors (Lipinski definition) is 15. The second-order valence-electron chi connectivity index (χ2n) is 14.6. The van der Waals surface area contributed by atoms with Crippen molar-refractivity contribution < 1.29 is 52.9 Å². The topological polar surface area (TPSA) is 212 Å². The zero-order chi connectivity index (χ0) is 43.4. The number of ether oxygens (including phenoxy) is 5. The lowest BCUT2D eigenvalue weighted by Crippen LogP contribution is -2.51. The Hall–Kier alpha value is -5.99. The number of rotatable bonds is 16. The number of benzene rings is 2. The number of hydrogen-bond donors (Lipinski definition) is 2. The summed E-state index contributed by atoms with van der Waals surface area (Å²) in [5.41, 5.74) is 2.32. The van der Waals surface area contributed by atoms with Crippen LogP contribution in [0.25, 0.3) is 0 Å². The first-order valence-electron chi connectivity index (χ1n) is 19.4. The number of carbonyl (C=O) groups excluding carboxylic acids is 4. The van der Waals surface area contributed by atoms with Crippen molar-refractivity contribution in [2.24, 2.45) is 0 Å². The Balaban J connectivity index is 0.965. The molecule has 322 valence electrons. The molecule has 0 saturated carbocycles. The van der Waals surface area contributed by atoms with Crippen molar-refractivity contribution >= 4 is 62.5 Å². The molecule has 7 rings (SSSR count). The van der Waals surface area contributed by atoms with Gasteiger partial charge in [-0.1, -0.05) is 35.1 Å². The average molecular weight is 877 g/mol. The van der Waals surface area contributed by atoms with E-state index >= 15 is 0 Å². The molecule has 2 N–H and O–H groups in total. The molecule has 0 bridgehead atoms. The predicted octanol–water partition coefficient (Wildman–Crippen LogP) is 5.84. The normalized spacial score (nSPS) is 19.3. The Morgan fingerprint density at radius 3 is 2.23 bits per heavy atom. The van der Waals surface area contributed by atoms with E-state index in [1.165, 1.54) is 76.1 Å². The van der Waals surface area contributed by atoms with Crippen LogP contribution in [0, 0.1) is 10.1 Å². The van der Waals surface area contributed by atoms with Crippen molar-refractivity contribution in [3.05, 3.63) is 88.1 Å². The zero-order valence-corrected chi connectivity index (χ0v) is 35.1. The van der Waals surface area contributed by atoms with Crippen molar-refractivity contribution in [3.8, 4) is 23.0 Å². The van der Waals surface area contributed by atoms with Gasteiger partial charge in [0.15, 0.2) is 29.2 Å². The van der Waals surface area contributed by atoms with Crippen molar-refractivity contribution in [3.63, 3.8) is 0 Å². The van der Waals surface area contributed by atoms with E-state index in [2.05, 4.69) is 23.5 Å². The Morgan fingerprint density at radius 2 is 1.56 bits per heavy atom. The van der Waals surface area contributed by atoms with Gasteiger partial charge in [-0.05, 0) is 61.1 Å². The molecule has 4 aliphatic heterocycles. The fourth-order valence-electron chi connectivity index (χ4n) is 7.52. The van der Waals surface area contributed by atoms with E-state index in [1.807, 2.05) is 0 Å². The Morgan fingerprint density at radius 1 is 0.902 bits per heavy atom. The fraction of sp³-hybridized carbons (Fsp3) is 0.390. The molecule has 4 amide bonds. The summed E-state index contributed by atoms with van der Waals surface area (Å²) in [5.74, 6) is 0.609. The van der Waals surface area contributed by atoms with Crippen LogP contribution in [0.2, 0.25) is 0 Å². The lowest BCUT2D eigenvalue weighted by molar-refractivity contribution is -0.385. The van der Waals surface area contributed by atoms with Gasteiger partial charge in [0, 0.05) is 37.0 Å². The van der Waals surface area contributed by atoms with Crippen molar-refractivity contribution in [2.45, 2.75) is 55.4 Å². The van der Waals surface area contributed by atoms with Crippen LogP contribution in [0.4, 0.5) is 21.9 Å². The van der Waals surface area contributed by atoms with Crippen molar-refractivity contribution in [1.29, 1.82) is 0 Å². The Kier molecular flexibility index (Phi) is 13.2. The fourth-order valence-corrected chi connectivity index (χ4v) is 9.21. The van der Waals surface area contributed by atoms with Crippen LogP contribution in [-0.2, 0) is 9.53 Å². The second-order valence-corrected chi connectivity index (χ2v) is 17.0. The van der Waals surface area contributed by atoms with Crippen LogP contribution in [0.15, 0.2) is 71.9 Å². The highest BCUT2D eigenvalue weighted by Crippen LogP contribution is 2.43. The monoisotopic (exact) mass is 876 g/mol. The standard InChI is InChI=1S/C41H44N6O12S2/c1-23-14-30-37(48)43-28-18-34(32(55-3)16-26(28)38(49)44(30)21-23)57-10-6-5-7-11-58-35-19-29-27(17-33(35)56-4)39(50)45-22-24(2)15-31(45)40(51)46(29)41(52)59-12-13-60-61-36-9-8-25(20-42-36)47(53)54/h8-9,16-20,30-31,40,51H,1-2,5-7,10-15,21-22H2,3-4H3,(H,43,48)/t30?,31-,40-/m0/s1. The van der Waals surface area contributed by atoms with Gasteiger partial charge in [-0.2, -0.15) is 0 Å². The number of methoxy groups -OCH3 is 2. The van der Waals surface area contributed by atoms with E-state index in [9.17, 15) is 34.4 Å². The maximum absolute atomic E-state index is 13.9. The van der Waals surface area contributed by atoms with Gasteiger partial charge in [-0.15, -0.1) is 0 Å². The van der Waals surface area contributed by atoms with Gasteiger partial charge in [-0.3, -0.25) is 24.5 Å². The number of amides is 4. The van der Waals surface area contributed by atoms with Crippen LogP contribution < -0.4 is 29.2 Å². The SMILES string of the molecule is C=C1CC2C(=O)Nc3cc(OCCCCCOc4cc5c(cc4OC)C(=O)N4CC(=C)C[C@H]4[C@H](O)N5C(=O)OCCSSc4ccc([N+](=O)[O-])cn4)c(OC)cc3C(=O)N2C1. The first-order valence-corrected chi connectivity index (χ1v) is 21.7. The number of aliphatic hydroxyl groups excluding tert-OH is 1. The minimum Gasteiger partial charge on any atom is -0.493 e. The molecule has 0 aliphatic carbocycles. The lowest BCUT2D eigenvalue weighted by atomic mass is 10.1. The van der Waals surface area contributed by atoms with E-state index in [0.717, 1.165) is 16.0 Å². The molecule has 3 atom stereocenters. The van der Waals surface area contributed by atoms with E-state index in [1.54, 1.807) is 12.1 Å². The number of nitrogens with one attached hydrogen (secondary N) is 1. The van der Waals surface area contributed by atoms with Gasteiger partial charge < -0.3 is 43.9 Å². The van der Waals surface area contributed by atoms with E-state index in [-0.39, 0.29) is 66.4 Å². The summed E-state index contributed by atoms with van der Waals surface area (Å²) in [6.45, 7) is 8.98. The van der Waals surface area contributed by atoms with Gasteiger partial charge in [0.25, 0.3) is 17.5 Å². The number of fused-ring (bicyclic) bond motifs is 4. The Labute approximate surface area is 358 Å². The minimum atomic E-state index is -1.46. The number of aliphatic hydroxyl groups is 1. The molecule has 18 nitrogen and oxygen atoms in total. The zero-order valence-electron chi connectivity index (χ0n) is 33.5. The molecule has 0 spiro atoms. The summed E-state index contributed by atoms with van der Waals surface area (Å²) in [6, 6.07) is 7.68. The quantitative estimate of drug-likeness (QED) is 0.0569. The molecular formula is C41H44N6O12S2. The molecule has 2 fully saturated rings. The largest absolute Gasteiger partial charge is 0.493 e. The van der Waals surface area contributed by atoms with Gasteiger partial charge in [-0.25, -0.2) is 14.7 Å². The van der Waals surface area contributed by atoms with Gasteiger partial charge >= 0.3 is 6.09 Å². The third kappa shape index (κ3) is 9.20. The van der Waals surface area contributed by atoms with Gasteiger partial charge in [0.05, 0.1) is 60.9 Å². The molecule has 20 heteroatoms. The van der Waals surface area contributed by atoms with E-state index in [4.69, 9.17) is 23.7 Å². The maximum Gasteiger partial charge on any atom is 0.416 e. The second kappa shape index (κ2) is 18.7. The molecule has 1 aromatic heterocycles. The molecule has 2 aromatic carbocycles. The first-order chi connectivity index (χ1) is 29.4. The Bertz CT molecular complexity index is 2260. The highest BCUT2D eigenvalue weighted by atomic mass is 33.1. The van der Waals surface area contributed by atoms with E-state index < -0.39 is 35.2 Å². The van der Waals surface area contributed by atoms with Crippen molar-refractivity contribution in [1.82, 2.24) is 14.8 Å². The molecule has 2 saturated heterocycles. The molecule has 61 heavy (non-hydrogen) atoms. The molecule has 5 heterocycles. The van der Waals surface area contributed by atoms with Crippen LogP contribution in [0.1, 0.15) is 52.8 Å². The molecule has 3 aromatic rings. The molecule has 0 radical (unpaired) electrons. The molecule has 4 aliphatic rings. The smallest absolute Gasteiger partial charge is 0.416 e.